The predicted molar refractivity (Wildman–Crippen MR) is 135 cm³/mol. The van der Waals surface area contributed by atoms with Gasteiger partial charge in [-0.15, -0.1) is 0 Å². The standard InChI is InChI=1S/C27H35N5O2/c1-3-4-19-34-27(33)29-16-7-8-18-32-23-14-6-5-13-22(23)30-25(32)20-31(2)24-15-9-11-21-12-10-17-28-26(21)24/h5-8,10,12-14,17,24H,3-4,9,11,15-16,18-20H2,1-2H3,(H,29,33). The highest BCUT2D eigenvalue weighted by atomic mass is 16.5. The first-order valence-corrected chi connectivity index (χ1v) is 12.3. The Hall–Kier alpha value is -3.19. The van der Waals surface area contributed by atoms with Crippen LogP contribution in [0.15, 0.2) is 54.7 Å². The lowest BCUT2D eigenvalue weighted by Crippen LogP contribution is -2.29. The van der Waals surface area contributed by atoms with Gasteiger partial charge < -0.3 is 14.6 Å². The van der Waals surface area contributed by atoms with Crippen molar-refractivity contribution in [3.63, 3.8) is 0 Å². The Kier molecular flexibility index (Phi) is 8.31. The fourth-order valence-electron chi connectivity index (χ4n) is 4.56. The number of nitrogens with one attached hydrogen (secondary N) is 1. The van der Waals surface area contributed by atoms with Crippen LogP contribution in [0.3, 0.4) is 0 Å². The molecular formula is C27H35N5O2. The molecule has 0 aliphatic heterocycles. The number of aryl methyl sites for hydroxylation is 1. The van der Waals surface area contributed by atoms with Gasteiger partial charge in [0.1, 0.15) is 5.82 Å². The monoisotopic (exact) mass is 461 g/mol. The summed E-state index contributed by atoms with van der Waals surface area (Å²) in [5.74, 6) is 1.03. The maximum atomic E-state index is 11.7. The number of aromatic nitrogens is 3. The lowest BCUT2D eigenvalue weighted by molar-refractivity contribution is 0.145. The lowest BCUT2D eigenvalue weighted by Gasteiger charge is -2.32. The first-order chi connectivity index (χ1) is 16.7. The Morgan fingerprint density at radius 1 is 1.26 bits per heavy atom. The van der Waals surface area contributed by atoms with Crippen LogP contribution in [0.4, 0.5) is 4.79 Å². The molecule has 0 bridgehead atoms. The number of ether oxygens (including phenoxy) is 1. The molecule has 2 heterocycles. The number of allylic oxidation sites excluding steroid dienone is 1. The van der Waals surface area contributed by atoms with Gasteiger partial charge in [-0.25, -0.2) is 9.78 Å². The molecule has 34 heavy (non-hydrogen) atoms. The van der Waals surface area contributed by atoms with Crippen LogP contribution < -0.4 is 5.32 Å². The number of imidazole rings is 1. The van der Waals surface area contributed by atoms with Crippen LogP contribution in [0.5, 0.6) is 0 Å². The molecule has 7 heteroatoms. The fourth-order valence-corrected chi connectivity index (χ4v) is 4.56. The molecule has 1 unspecified atom stereocenters. The van der Waals surface area contributed by atoms with Crippen LogP contribution in [0, 0.1) is 0 Å². The summed E-state index contributed by atoms with van der Waals surface area (Å²) in [4.78, 5) is 23.7. The molecular weight excluding hydrogens is 426 g/mol. The number of alkyl carbamates (subject to hydrolysis) is 1. The van der Waals surface area contributed by atoms with E-state index in [1.807, 2.05) is 30.5 Å². The molecule has 180 valence electrons. The number of rotatable bonds is 10. The molecule has 2 aromatic heterocycles. The van der Waals surface area contributed by atoms with E-state index in [9.17, 15) is 4.79 Å². The molecule has 1 N–H and O–H groups in total. The van der Waals surface area contributed by atoms with Gasteiger partial charge in [0.05, 0.1) is 35.9 Å². The first-order valence-electron chi connectivity index (χ1n) is 12.3. The molecule has 0 saturated heterocycles. The van der Waals surface area contributed by atoms with Gasteiger partial charge in [-0.05, 0) is 56.5 Å². The highest BCUT2D eigenvalue weighted by molar-refractivity contribution is 5.76. The third-order valence-corrected chi connectivity index (χ3v) is 6.37. The minimum atomic E-state index is -0.366. The first kappa shape index (κ1) is 24.0. The Labute approximate surface area is 201 Å². The lowest BCUT2D eigenvalue weighted by atomic mass is 9.91. The van der Waals surface area contributed by atoms with Crippen molar-refractivity contribution < 1.29 is 9.53 Å². The number of amides is 1. The number of pyridine rings is 1. The number of hydrogen-bond acceptors (Lipinski definition) is 5. The Morgan fingerprint density at radius 3 is 3.03 bits per heavy atom. The Balaban J connectivity index is 1.43. The van der Waals surface area contributed by atoms with E-state index in [2.05, 4.69) is 53.0 Å². The van der Waals surface area contributed by atoms with Crippen LogP contribution in [0.2, 0.25) is 0 Å². The highest BCUT2D eigenvalue weighted by Crippen LogP contribution is 2.33. The van der Waals surface area contributed by atoms with Gasteiger partial charge in [0, 0.05) is 19.3 Å². The summed E-state index contributed by atoms with van der Waals surface area (Å²) >= 11 is 0. The molecule has 1 aromatic carbocycles. The van der Waals surface area contributed by atoms with Crippen molar-refractivity contribution in [1.82, 2.24) is 24.8 Å². The van der Waals surface area contributed by atoms with Gasteiger partial charge in [-0.1, -0.05) is 43.7 Å². The summed E-state index contributed by atoms with van der Waals surface area (Å²) in [5.41, 5.74) is 4.68. The predicted octanol–water partition coefficient (Wildman–Crippen LogP) is 5.02. The average molecular weight is 462 g/mol. The van der Waals surface area contributed by atoms with Crippen molar-refractivity contribution in [2.24, 2.45) is 0 Å². The zero-order valence-electron chi connectivity index (χ0n) is 20.2. The highest BCUT2D eigenvalue weighted by Gasteiger charge is 2.26. The van der Waals surface area contributed by atoms with Crippen molar-refractivity contribution in [3.05, 3.63) is 71.8 Å². The van der Waals surface area contributed by atoms with Gasteiger partial charge in [-0.2, -0.15) is 0 Å². The van der Waals surface area contributed by atoms with Crippen LogP contribution in [0.25, 0.3) is 11.0 Å². The molecule has 3 aromatic rings. The Morgan fingerprint density at radius 2 is 2.15 bits per heavy atom. The molecule has 0 saturated carbocycles. The summed E-state index contributed by atoms with van der Waals surface area (Å²) in [7, 11) is 2.17. The molecule has 1 aliphatic carbocycles. The van der Waals surface area contributed by atoms with Crippen molar-refractivity contribution in [2.75, 3.05) is 20.2 Å². The van der Waals surface area contributed by atoms with Crippen LogP contribution in [0.1, 0.15) is 55.7 Å². The summed E-state index contributed by atoms with van der Waals surface area (Å²) < 4.78 is 7.38. The number of para-hydroxylation sites is 2. The van der Waals surface area contributed by atoms with E-state index in [1.54, 1.807) is 0 Å². The van der Waals surface area contributed by atoms with Gasteiger partial charge in [0.2, 0.25) is 0 Å². The van der Waals surface area contributed by atoms with Gasteiger partial charge in [-0.3, -0.25) is 9.88 Å². The van der Waals surface area contributed by atoms with E-state index in [-0.39, 0.29) is 6.09 Å². The number of unbranched alkanes of at least 4 members (excludes halogenated alkanes) is 1. The minimum Gasteiger partial charge on any atom is -0.450 e. The average Bonchev–Trinajstić information content (AvgIpc) is 3.20. The number of hydrogen-bond donors (Lipinski definition) is 1. The van der Waals surface area contributed by atoms with Gasteiger partial charge >= 0.3 is 6.09 Å². The zero-order valence-corrected chi connectivity index (χ0v) is 20.2. The number of carbonyl (C=O) groups is 1. The third kappa shape index (κ3) is 5.83. The summed E-state index contributed by atoms with van der Waals surface area (Å²) in [5, 5.41) is 2.77. The smallest absolute Gasteiger partial charge is 0.407 e. The third-order valence-electron chi connectivity index (χ3n) is 6.37. The quantitative estimate of drug-likeness (QED) is 0.339. The SMILES string of the molecule is CCCCOC(=O)NCC=CCn1c(CN(C)C2CCCc3cccnc32)nc2ccccc21. The van der Waals surface area contributed by atoms with Crippen LogP contribution in [-0.2, 0) is 24.2 Å². The van der Waals surface area contributed by atoms with E-state index in [1.165, 1.54) is 17.7 Å². The molecule has 7 nitrogen and oxygen atoms in total. The normalized spacial score (nSPS) is 15.7. The summed E-state index contributed by atoms with van der Waals surface area (Å²) in [6.45, 7) is 4.41. The topological polar surface area (TPSA) is 72.3 Å². The Bertz CT molecular complexity index is 1120. The van der Waals surface area contributed by atoms with E-state index in [0.717, 1.165) is 49.1 Å². The minimum absolute atomic E-state index is 0.302. The van der Waals surface area contributed by atoms with Crippen LogP contribution in [-0.4, -0.2) is 45.7 Å². The van der Waals surface area contributed by atoms with Crippen molar-refractivity contribution in [1.29, 1.82) is 0 Å². The molecule has 0 spiro atoms. The number of nitrogens with zero attached hydrogens (tertiary/aromatic N) is 4. The number of fused-ring (bicyclic) bond motifs is 2. The van der Waals surface area contributed by atoms with E-state index >= 15 is 0 Å². The second kappa shape index (κ2) is 11.8. The number of benzene rings is 1. The largest absolute Gasteiger partial charge is 0.450 e. The van der Waals surface area contributed by atoms with E-state index < -0.39 is 0 Å². The maximum Gasteiger partial charge on any atom is 0.407 e. The van der Waals surface area contributed by atoms with E-state index in [0.29, 0.717) is 25.7 Å². The maximum absolute atomic E-state index is 11.7. The molecule has 1 amide bonds. The number of carbonyl (C=O) groups excluding carboxylic acids is 1. The van der Waals surface area contributed by atoms with Crippen molar-refractivity contribution in [2.45, 2.75) is 58.2 Å². The van der Waals surface area contributed by atoms with Crippen molar-refractivity contribution >= 4 is 17.1 Å². The second-order valence-electron chi connectivity index (χ2n) is 8.84. The summed E-state index contributed by atoms with van der Waals surface area (Å²) in [6.07, 6.45) is 10.9. The molecule has 0 radical (unpaired) electrons. The zero-order chi connectivity index (χ0) is 23.8. The summed E-state index contributed by atoms with van der Waals surface area (Å²) in [6, 6.07) is 12.8. The van der Waals surface area contributed by atoms with Crippen LogP contribution >= 0.6 is 0 Å². The molecule has 4 rings (SSSR count). The van der Waals surface area contributed by atoms with Gasteiger partial charge in [0.15, 0.2) is 0 Å². The van der Waals surface area contributed by atoms with Gasteiger partial charge in [0.25, 0.3) is 0 Å². The van der Waals surface area contributed by atoms with E-state index in [4.69, 9.17) is 14.7 Å². The molecule has 1 aliphatic rings. The fraction of sp³-hybridized carbons (Fsp3) is 0.444. The molecule has 0 fully saturated rings. The second-order valence-corrected chi connectivity index (χ2v) is 8.84. The van der Waals surface area contributed by atoms with Crippen molar-refractivity contribution in [3.8, 4) is 0 Å². The molecule has 1 atom stereocenters.